The third kappa shape index (κ3) is 2.54. The first kappa shape index (κ1) is 12.7. The summed E-state index contributed by atoms with van der Waals surface area (Å²) in [5.41, 5.74) is 1.20. The lowest BCUT2D eigenvalue weighted by Crippen LogP contribution is -2.36. The summed E-state index contributed by atoms with van der Waals surface area (Å²) in [4.78, 5) is 9.35. The third-order valence-electron chi connectivity index (χ3n) is 4.52. The quantitative estimate of drug-likeness (QED) is 0.833. The van der Waals surface area contributed by atoms with Crippen molar-refractivity contribution < 1.29 is 4.74 Å². The maximum atomic E-state index is 5.55. The summed E-state index contributed by atoms with van der Waals surface area (Å²) >= 11 is 0. The zero-order valence-corrected chi connectivity index (χ0v) is 11.9. The normalized spacial score (nSPS) is 27.4. The fourth-order valence-corrected chi connectivity index (χ4v) is 3.37. The zero-order valence-electron chi connectivity index (χ0n) is 11.9. The fourth-order valence-electron chi connectivity index (χ4n) is 3.37. The second-order valence-electron chi connectivity index (χ2n) is 5.60. The van der Waals surface area contributed by atoms with Crippen molar-refractivity contribution in [1.29, 1.82) is 0 Å². The Balaban J connectivity index is 1.77. The molecule has 2 saturated heterocycles. The molecule has 3 rings (SSSR count). The van der Waals surface area contributed by atoms with Gasteiger partial charge in [-0.15, -0.1) is 0 Å². The van der Waals surface area contributed by atoms with E-state index in [2.05, 4.69) is 27.9 Å². The summed E-state index contributed by atoms with van der Waals surface area (Å²) < 4.78 is 5.55. The van der Waals surface area contributed by atoms with Gasteiger partial charge in [0.2, 0.25) is 0 Å². The Hall–Kier alpha value is -1.29. The highest BCUT2D eigenvalue weighted by molar-refractivity contribution is 5.48. The van der Waals surface area contributed by atoms with E-state index in [0.29, 0.717) is 12.6 Å². The second kappa shape index (κ2) is 5.37. The van der Waals surface area contributed by atoms with E-state index in [-0.39, 0.29) is 0 Å². The lowest BCUT2D eigenvalue weighted by Gasteiger charge is -2.27. The van der Waals surface area contributed by atoms with E-state index in [9.17, 15) is 0 Å². The van der Waals surface area contributed by atoms with E-state index >= 15 is 0 Å². The molecule has 0 N–H and O–H groups in total. The number of anilines is 1. The van der Waals surface area contributed by atoms with E-state index in [1.54, 1.807) is 6.20 Å². The minimum atomic E-state index is 0.693. The maximum Gasteiger partial charge on any atom is 0.139 e. The number of nitrogens with zero attached hydrogens (tertiary/aromatic N) is 3. The first-order chi connectivity index (χ1) is 9.28. The molecular weight excluding hydrogens is 238 g/mol. The van der Waals surface area contributed by atoms with Crippen molar-refractivity contribution in [3.63, 3.8) is 0 Å². The molecule has 4 nitrogen and oxygen atoms in total. The monoisotopic (exact) mass is 261 g/mol. The largest absolute Gasteiger partial charge is 0.492 e. The molecule has 0 amide bonds. The predicted octanol–water partition coefficient (Wildman–Crippen LogP) is 2.15. The number of aromatic nitrogens is 1. The Kier molecular flexibility index (Phi) is 3.60. The lowest BCUT2D eigenvalue weighted by molar-refractivity contribution is 0.254. The van der Waals surface area contributed by atoms with Gasteiger partial charge in [-0.05, 0) is 33.2 Å². The van der Waals surface area contributed by atoms with Crippen LogP contribution in [0.3, 0.4) is 0 Å². The van der Waals surface area contributed by atoms with Crippen LogP contribution in [0.4, 0.5) is 5.69 Å². The summed E-state index contributed by atoms with van der Waals surface area (Å²) in [6, 6.07) is 3.59. The SMILES string of the molecule is CCOc1cncc(N2CC[C@H]3CC[C@@H](C2)N3C)c1. The average Bonchev–Trinajstić information content (AvgIpc) is 2.64. The van der Waals surface area contributed by atoms with Crippen LogP contribution in [0.25, 0.3) is 0 Å². The zero-order chi connectivity index (χ0) is 13.2. The molecule has 4 heteroatoms. The van der Waals surface area contributed by atoms with E-state index in [1.165, 1.54) is 24.9 Å². The summed E-state index contributed by atoms with van der Waals surface area (Å²) in [5.74, 6) is 0.878. The van der Waals surface area contributed by atoms with Crippen molar-refractivity contribution in [2.24, 2.45) is 0 Å². The molecule has 0 aliphatic carbocycles. The third-order valence-corrected chi connectivity index (χ3v) is 4.52. The molecular formula is C15H23N3O. The van der Waals surface area contributed by atoms with Crippen molar-refractivity contribution in [3.05, 3.63) is 18.5 Å². The summed E-state index contributed by atoms with van der Waals surface area (Å²) in [5, 5.41) is 0. The molecule has 19 heavy (non-hydrogen) atoms. The Bertz CT molecular complexity index is 437. The van der Waals surface area contributed by atoms with E-state index in [1.807, 2.05) is 13.1 Å². The van der Waals surface area contributed by atoms with Crippen molar-refractivity contribution in [2.45, 2.75) is 38.3 Å². The van der Waals surface area contributed by atoms with Crippen molar-refractivity contribution in [2.75, 3.05) is 31.6 Å². The van der Waals surface area contributed by atoms with Crippen molar-refractivity contribution in [1.82, 2.24) is 9.88 Å². The molecule has 2 bridgehead atoms. The number of hydrogen-bond donors (Lipinski definition) is 0. The molecule has 0 aromatic carbocycles. The van der Waals surface area contributed by atoms with Crippen LogP contribution in [0.1, 0.15) is 26.2 Å². The number of ether oxygens (including phenoxy) is 1. The van der Waals surface area contributed by atoms with Crippen molar-refractivity contribution in [3.8, 4) is 5.75 Å². The topological polar surface area (TPSA) is 28.6 Å². The van der Waals surface area contributed by atoms with Crippen LogP contribution in [-0.2, 0) is 0 Å². The van der Waals surface area contributed by atoms with Gasteiger partial charge in [0.05, 0.1) is 24.7 Å². The Morgan fingerprint density at radius 1 is 1.26 bits per heavy atom. The lowest BCUT2D eigenvalue weighted by atomic mass is 10.1. The van der Waals surface area contributed by atoms with Gasteiger partial charge >= 0.3 is 0 Å². The van der Waals surface area contributed by atoms with Gasteiger partial charge in [0.1, 0.15) is 5.75 Å². The first-order valence-corrected chi connectivity index (χ1v) is 7.32. The molecule has 1 aromatic rings. The highest BCUT2D eigenvalue weighted by atomic mass is 16.5. The van der Waals surface area contributed by atoms with Crippen molar-refractivity contribution >= 4 is 5.69 Å². The Labute approximate surface area is 115 Å². The Morgan fingerprint density at radius 2 is 2.11 bits per heavy atom. The van der Waals surface area contributed by atoms with Crippen LogP contribution in [-0.4, -0.2) is 48.7 Å². The van der Waals surface area contributed by atoms with Gasteiger partial charge in [-0.25, -0.2) is 0 Å². The number of fused-ring (bicyclic) bond motifs is 2. The predicted molar refractivity (Wildman–Crippen MR) is 76.8 cm³/mol. The molecule has 0 saturated carbocycles. The maximum absolute atomic E-state index is 5.55. The van der Waals surface area contributed by atoms with E-state index in [4.69, 9.17) is 4.74 Å². The highest BCUT2D eigenvalue weighted by Gasteiger charge is 2.34. The standard InChI is InChI=1S/C15H23N3O/c1-3-19-15-8-14(9-16-10-15)18-7-6-12-4-5-13(11-18)17(12)2/h8-10,12-13H,3-7,11H2,1-2H3/t12-,13+/m1/s1. The molecule has 0 unspecified atom stereocenters. The van der Waals surface area contributed by atoms with Crippen LogP contribution >= 0.6 is 0 Å². The molecule has 0 spiro atoms. The van der Waals surface area contributed by atoms with Gasteiger partial charge in [-0.1, -0.05) is 0 Å². The summed E-state index contributed by atoms with van der Waals surface area (Å²) in [7, 11) is 2.28. The molecule has 1 aromatic heterocycles. The van der Waals surface area contributed by atoms with Gasteiger partial charge in [-0.2, -0.15) is 0 Å². The Morgan fingerprint density at radius 3 is 2.95 bits per heavy atom. The van der Waals surface area contributed by atoms with Gasteiger partial charge in [0.25, 0.3) is 0 Å². The van der Waals surface area contributed by atoms with Crippen LogP contribution in [0.2, 0.25) is 0 Å². The molecule has 2 aliphatic rings. The molecule has 104 valence electrons. The summed E-state index contributed by atoms with van der Waals surface area (Å²) in [6.07, 6.45) is 7.71. The number of hydrogen-bond acceptors (Lipinski definition) is 4. The molecule has 2 atom stereocenters. The fraction of sp³-hybridized carbons (Fsp3) is 0.667. The average molecular weight is 261 g/mol. The second-order valence-corrected chi connectivity index (χ2v) is 5.60. The first-order valence-electron chi connectivity index (χ1n) is 7.32. The smallest absolute Gasteiger partial charge is 0.139 e. The van der Waals surface area contributed by atoms with Crippen LogP contribution < -0.4 is 9.64 Å². The number of rotatable bonds is 3. The summed E-state index contributed by atoms with van der Waals surface area (Å²) in [6.45, 7) is 4.94. The van der Waals surface area contributed by atoms with Crippen LogP contribution in [0.15, 0.2) is 18.5 Å². The molecule has 2 fully saturated rings. The minimum Gasteiger partial charge on any atom is -0.492 e. The highest BCUT2D eigenvalue weighted by Crippen LogP contribution is 2.31. The van der Waals surface area contributed by atoms with Gasteiger partial charge in [0.15, 0.2) is 0 Å². The minimum absolute atomic E-state index is 0.693. The molecule has 3 heterocycles. The van der Waals surface area contributed by atoms with Crippen LogP contribution in [0.5, 0.6) is 5.75 Å². The van der Waals surface area contributed by atoms with Crippen LogP contribution in [0, 0.1) is 0 Å². The number of likely N-dealkylation sites (N-methyl/N-ethyl adjacent to an activating group) is 1. The van der Waals surface area contributed by atoms with Gasteiger partial charge < -0.3 is 9.64 Å². The van der Waals surface area contributed by atoms with Gasteiger partial charge in [0, 0.05) is 31.2 Å². The van der Waals surface area contributed by atoms with E-state index in [0.717, 1.165) is 24.9 Å². The molecule has 2 aliphatic heterocycles. The van der Waals surface area contributed by atoms with E-state index < -0.39 is 0 Å². The number of pyridine rings is 1. The molecule has 0 radical (unpaired) electrons. The van der Waals surface area contributed by atoms with Gasteiger partial charge in [-0.3, -0.25) is 9.88 Å².